The van der Waals surface area contributed by atoms with Crippen molar-refractivity contribution in [3.8, 4) is 11.5 Å². The minimum Gasteiger partial charge on any atom is -0.497 e. The van der Waals surface area contributed by atoms with Crippen LogP contribution in [0.1, 0.15) is 17.3 Å². The number of hydrogen-bond acceptors (Lipinski definition) is 4. The first-order chi connectivity index (χ1) is 9.56. The van der Waals surface area contributed by atoms with E-state index in [-0.39, 0.29) is 0 Å². The molecule has 2 aromatic rings. The number of rotatable bonds is 4. The molecule has 1 aromatic heterocycles. The first kappa shape index (κ1) is 14.9. The Hall–Kier alpha value is -1.49. The van der Waals surface area contributed by atoms with Gasteiger partial charge in [-0.1, -0.05) is 23.2 Å². The summed E-state index contributed by atoms with van der Waals surface area (Å²) in [6.07, 6.45) is 1.51. The summed E-state index contributed by atoms with van der Waals surface area (Å²) in [5.74, 6) is 1.33. The van der Waals surface area contributed by atoms with Crippen LogP contribution in [0.5, 0.6) is 11.5 Å². The highest BCUT2D eigenvalue weighted by Crippen LogP contribution is 2.34. The van der Waals surface area contributed by atoms with E-state index >= 15 is 0 Å². The number of methoxy groups -OCH3 is 2. The van der Waals surface area contributed by atoms with E-state index < -0.39 is 6.04 Å². The molecule has 1 heterocycles. The predicted molar refractivity (Wildman–Crippen MR) is 79.8 cm³/mol. The van der Waals surface area contributed by atoms with E-state index in [0.29, 0.717) is 27.2 Å². The number of aromatic nitrogens is 1. The molecule has 6 heteroatoms. The quantitative estimate of drug-likeness (QED) is 0.939. The maximum absolute atomic E-state index is 6.24. The van der Waals surface area contributed by atoms with Gasteiger partial charge in [-0.3, -0.25) is 4.98 Å². The second kappa shape index (κ2) is 6.31. The van der Waals surface area contributed by atoms with Gasteiger partial charge in [0.15, 0.2) is 0 Å². The summed E-state index contributed by atoms with van der Waals surface area (Å²) in [5.41, 5.74) is 7.51. The fraction of sp³-hybridized carbons (Fsp3) is 0.214. The topological polar surface area (TPSA) is 57.4 Å². The van der Waals surface area contributed by atoms with Crippen LogP contribution >= 0.6 is 23.2 Å². The van der Waals surface area contributed by atoms with Gasteiger partial charge in [-0.25, -0.2) is 0 Å². The zero-order valence-corrected chi connectivity index (χ0v) is 12.6. The van der Waals surface area contributed by atoms with Crippen LogP contribution in [-0.2, 0) is 0 Å². The number of benzene rings is 1. The van der Waals surface area contributed by atoms with Gasteiger partial charge in [0.25, 0.3) is 0 Å². The summed E-state index contributed by atoms with van der Waals surface area (Å²) in [5, 5.41) is 0.874. The molecule has 4 nitrogen and oxygen atoms in total. The van der Waals surface area contributed by atoms with Crippen LogP contribution < -0.4 is 15.2 Å². The molecule has 0 amide bonds. The molecule has 0 spiro atoms. The summed E-state index contributed by atoms with van der Waals surface area (Å²) >= 11 is 12.0. The molecule has 0 aliphatic rings. The van der Waals surface area contributed by atoms with Gasteiger partial charge < -0.3 is 15.2 Å². The molecule has 20 heavy (non-hydrogen) atoms. The second-order valence-corrected chi connectivity index (χ2v) is 4.95. The molecular weight excluding hydrogens is 299 g/mol. The summed E-state index contributed by atoms with van der Waals surface area (Å²) in [7, 11) is 3.17. The SMILES string of the molecule is COc1ccc(OC)c(C(N)c2ncc(Cl)cc2Cl)c1. The third kappa shape index (κ3) is 2.98. The van der Waals surface area contributed by atoms with Gasteiger partial charge >= 0.3 is 0 Å². The van der Waals surface area contributed by atoms with Gasteiger partial charge in [0.05, 0.1) is 36.0 Å². The number of hydrogen-bond donors (Lipinski definition) is 1. The minimum atomic E-state index is -0.537. The Kier molecular flexibility index (Phi) is 4.70. The van der Waals surface area contributed by atoms with Crippen LogP contribution in [0.4, 0.5) is 0 Å². The summed E-state index contributed by atoms with van der Waals surface area (Å²) < 4.78 is 10.5. The molecule has 0 fully saturated rings. The van der Waals surface area contributed by atoms with Crippen molar-refractivity contribution in [3.63, 3.8) is 0 Å². The van der Waals surface area contributed by atoms with Crippen LogP contribution in [0.3, 0.4) is 0 Å². The highest BCUT2D eigenvalue weighted by atomic mass is 35.5. The van der Waals surface area contributed by atoms with E-state index in [1.165, 1.54) is 6.20 Å². The third-order valence-electron chi connectivity index (χ3n) is 2.90. The number of ether oxygens (including phenoxy) is 2. The Morgan fingerprint density at radius 2 is 1.90 bits per heavy atom. The van der Waals surface area contributed by atoms with Gasteiger partial charge in [0, 0.05) is 11.8 Å². The van der Waals surface area contributed by atoms with Crippen molar-refractivity contribution in [3.05, 3.63) is 51.8 Å². The number of nitrogens with two attached hydrogens (primary N) is 1. The molecule has 0 saturated carbocycles. The average Bonchev–Trinajstić information content (AvgIpc) is 2.46. The van der Waals surface area contributed by atoms with Gasteiger partial charge in [-0.15, -0.1) is 0 Å². The van der Waals surface area contributed by atoms with Crippen LogP contribution in [-0.4, -0.2) is 19.2 Å². The molecule has 0 bridgehead atoms. The van der Waals surface area contributed by atoms with E-state index in [2.05, 4.69) is 4.98 Å². The average molecular weight is 313 g/mol. The van der Waals surface area contributed by atoms with Crippen molar-refractivity contribution in [2.45, 2.75) is 6.04 Å². The molecule has 1 aromatic carbocycles. The molecule has 0 aliphatic heterocycles. The summed E-state index contributed by atoms with van der Waals surface area (Å²) in [4.78, 5) is 4.20. The van der Waals surface area contributed by atoms with Gasteiger partial charge in [0.1, 0.15) is 11.5 Å². The monoisotopic (exact) mass is 312 g/mol. The first-order valence-electron chi connectivity index (χ1n) is 5.85. The second-order valence-electron chi connectivity index (χ2n) is 4.11. The Bertz CT molecular complexity index is 620. The largest absolute Gasteiger partial charge is 0.497 e. The highest BCUT2D eigenvalue weighted by Gasteiger charge is 2.19. The molecule has 106 valence electrons. The smallest absolute Gasteiger partial charge is 0.124 e. The van der Waals surface area contributed by atoms with E-state index in [0.717, 1.165) is 5.56 Å². The lowest BCUT2D eigenvalue weighted by atomic mass is 10.0. The maximum atomic E-state index is 6.24. The normalized spacial score (nSPS) is 12.1. The number of halogens is 2. The minimum absolute atomic E-state index is 0.412. The fourth-order valence-corrected chi connectivity index (χ4v) is 2.38. The lowest BCUT2D eigenvalue weighted by Gasteiger charge is -2.17. The predicted octanol–water partition coefficient (Wildman–Crippen LogP) is 3.45. The zero-order chi connectivity index (χ0) is 14.7. The van der Waals surface area contributed by atoms with Crippen molar-refractivity contribution < 1.29 is 9.47 Å². The van der Waals surface area contributed by atoms with Crippen molar-refractivity contribution in [1.29, 1.82) is 0 Å². The standard InChI is InChI=1S/C14H14Cl2N2O2/c1-19-9-3-4-12(20-2)10(6-9)13(17)14-11(16)5-8(15)7-18-14/h3-7,13H,17H2,1-2H3. The first-order valence-corrected chi connectivity index (χ1v) is 6.61. The Balaban J connectivity index is 2.48. The van der Waals surface area contributed by atoms with Gasteiger partial charge in [0.2, 0.25) is 0 Å². The molecule has 0 radical (unpaired) electrons. The van der Waals surface area contributed by atoms with Gasteiger partial charge in [-0.2, -0.15) is 0 Å². The zero-order valence-electron chi connectivity index (χ0n) is 11.1. The lowest BCUT2D eigenvalue weighted by molar-refractivity contribution is 0.397. The third-order valence-corrected chi connectivity index (χ3v) is 3.41. The molecule has 1 atom stereocenters. The molecule has 2 rings (SSSR count). The molecule has 1 unspecified atom stereocenters. The molecule has 0 saturated heterocycles. The summed E-state index contributed by atoms with van der Waals surface area (Å²) in [6, 6.07) is 6.46. The van der Waals surface area contributed by atoms with Crippen molar-refractivity contribution in [2.75, 3.05) is 14.2 Å². The molecule has 2 N–H and O–H groups in total. The van der Waals surface area contributed by atoms with Crippen LogP contribution in [0, 0.1) is 0 Å². The maximum Gasteiger partial charge on any atom is 0.124 e. The molecule has 0 aliphatic carbocycles. The van der Waals surface area contributed by atoms with E-state index in [1.54, 1.807) is 38.5 Å². The van der Waals surface area contributed by atoms with Crippen LogP contribution in [0.25, 0.3) is 0 Å². The Morgan fingerprint density at radius 1 is 1.15 bits per heavy atom. The molecular formula is C14H14Cl2N2O2. The Morgan fingerprint density at radius 3 is 2.50 bits per heavy atom. The van der Waals surface area contributed by atoms with Crippen molar-refractivity contribution in [1.82, 2.24) is 4.98 Å². The van der Waals surface area contributed by atoms with E-state index in [9.17, 15) is 0 Å². The lowest BCUT2D eigenvalue weighted by Crippen LogP contribution is -2.15. The summed E-state index contributed by atoms with van der Waals surface area (Å²) in [6.45, 7) is 0. The van der Waals surface area contributed by atoms with Gasteiger partial charge in [-0.05, 0) is 24.3 Å². The van der Waals surface area contributed by atoms with E-state index in [4.69, 9.17) is 38.4 Å². The van der Waals surface area contributed by atoms with Crippen molar-refractivity contribution >= 4 is 23.2 Å². The van der Waals surface area contributed by atoms with Crippen molar-refractivity contribution in [2.24, 2.45) is 5.73 Å². The number of pyridine rings is 1. The van der Waals surface area contributed by atoms with E-state index in [1.807, 2.05) is 0 Å². The van der Waals surface area contributed by atoms with Crippen LogP contribution in [0.2, 0.25) is 10.0 Å². The Labute approximate surface area is 127 Å². The van der Waals surface area contributed by atoms with Crippen LogP contribution in [0.15, 0.2) is 30.5 Å². The number of nitrogens with zero attached hydrogens (tertiary/aromatic N) is 1. The fourth-order valence-electron chi connectivity index (χ4n) is 1.88. The highest BCUT2D eigenvalue weighted by molar-refractivity contribution is 6.34.